The molecule has 8 heteroatoms. The number of carbonyl (C=O) groups is 2. The molecule has 1 atom stereocenters. The molecule has 30 heavy (non-hydrogen) atoms. The molecule has 3 heterocycles. The van der Waals surface area contributed by atoms with Gasteiger partial charge in [0, 0.05) is 18.8 Å². The number of ether oxygens (including phenoxy) is 2. The van der Waals surface area contributed by atoms with E-state index in [0.29, 0.717) is 37.6 Å². The lowest BCUT2D eigenvalue weighted by Crippen LogP contribution is -2.42. The number of rotatable bonds is 4. The highest BCUT2D eigenvalue weighted by molar-refractivity contribution is 8.16. The Labute approximate surface area is 180 Å². The van der Waals surface area contributed by atoms with Gasteiger partial charge in [0.1, 0.15) is 0 Å². The summed E-state index contributed by atoms with van der Waals surface area (Å²) in [6, 6.07) is 7.68. The van der Waals surface area contributed by atoms with Crippen LogP contribution in [0.15, 0.2) is 51.6 Å². The van der Waals surface area contributed by atoms with Gasteiger partial charge in [-0.2, -0.15) is 0 Å². The van der Waals surface area contributed by atoms with Gasteiger partial charge >= 0.3 is 5.97 Å². The maximum atomic E-state index is 12.9. The van der Waals surface area contributed by atoms with Crippen LogP contribution in [0, 0.1) is 6.92 Å². The van der Waals surface area contributed by atoms with Gasteiger partial charge in [0.25, 0.3) is 0 Å². The first-order valence-electron chi connectivity index (χ1n) is 9.94. The molecule has 1 aromatic rings. The fourth-order valence-electron chi connectivity index (χ4n) is 3.98. The molecule has 0 bridgehead atoms. The van der Waals surface area contributed by atoms with Crippen molar-refractivity contribution in [2.75, 3.05) is 33.4 Å². The van der Waals surface area contributed by atoms with Crippen molar-refractivity contribution in [2.24, 2.45) is 4.99 Å². The molecule has 7 nitrogen and oxygen atoms in total. The number of benzene rings is 1. The van der Waals surface area contributed by atoms with Gasteiger partial charge in [-0.1, -0.05) is 41.6 Å². The number of hydrogen-bond donors (Lipinski definition) is 0. The van der Waals surface area contributed by atoms with Crippen molar-refractivity contribution in [1.82, 2.24) is 9.80 Å². The topological polar surface area (TPSA) is 71.4 Å². The van der Waals surface area contributed by atoms with Crippen LogP contribution in [-0.2, 0) is 19.1 Å². The van der Waals surface area contributed by atoms with Crippen molar-refractivity contribution in [1.29, 1.82) is 0 Å². The van der Waals surface area contributed by atoms with E-state index in [2.05, 4.69) is 11.1 Å². The third kappa shape index (κ3) is 3.89. The lowest BCUT2D eigenvalue weighted by molar-refractivity contribution is -0.136. The molecule has 1 saturated heterocycles. The highest BCUT2D eigenvalue weighted by Crippen LogP contribution is 2.45. The summed E-state index contributed by atoms with van der Waals surface area (Å²) < 4.78 is 10.5. The maximum absolute atomic E-state index is 12.9. The average molecular weight is 428 g/mol. The lowest BCUT2D eigenvalue weighted by Gasteiger charge is -2.37. The van der Waals surface area contributed by atoms with Crippen LogP contribution in [0.2, 0.25) is 0 Å². The number of nitrogens with zero attached hydrogens (tertiary/aromatic N) is 3. The second-order valence-corrected chi connectivity index (χ2v) is 8.31. The molecule has 3 aliphatic heterocycles. The molecular formula is C22H25N3O4S. The highest BCUT2D eigenvalue weighted by Gasteiger charge is 2.41. The van der Waals surface area contributed by atoms with E-state index < -0.39 is 5.97 Å². The van der Waals surface area contributed by atoms with Gasteiger partial charge in [0.15, 0.2) is 5.17 Å². The Kier molecular flexibility index (Phi) is 5.97. The Morgan fingerprint density at radius 2 is 2.03 bits per heavy atom. The maximum Gasteiger partial charge on any atom is 0.338 e. The summed E-state index contributed by atoms with van der Waals surface area (Å²) in [4.78, 5) is 34.1. The predicted octanol–water partition coefficient (Wildman–Crippen LogP) is 2.99. The number of morpholine rings is 1. The van der Waals surface area contributed by atoms with Crippen LogP contribution in [0.5, 0.6) is 0 Å². The molecule has 0 N–H and O–H groups in total. The van der Waals surface area contributed by atoms with Crippen molar-refractivity contribution in [3.05, 3.63) is 57.8 Å². The number of hydrogen-bond acceptors (Lipinski definition) is 7. The Hall–Kier alpha value is -2.58. The summed E-state index contributed by atoms with van der Waals surface area (Å²) in [5.74, 6) is -0.349. The standard InChI is InChI=1S/C22H25N3O4S/c1-14-5-4-6-16(11-14)20-19(21(27)28-3)15(2)23-22-25(20)17(13-30-22)12-18(26)24-7-9-29-10-8-24/h4-6,11,13,20H,7-10,12H2,1-3H3. The Morgan fingerprint density at radius 3 is 2.73 bits per heavy atom. The molecule has 0 saturated carbocycles. The number of fused-ring (bicyclic) bond motifs is 1. The summed E-state index contributed by atoms with van der Waals surface area (Å²) in [6.45, 7) is 6.19. The van der Waals surface area contributed by atoms with Crippen LogP contribution in [0.3, 0.4) is 0 Å². The highest BCUT2D eigenvalue weighted by atomic mass is 32.2. The number of thioether (sulfide) groups is 1. The summed E-state index contributed by atoms with van der Waals surface area (Å²) >= 11 is 1.48. The van der Waals surface area contributed by atoms with Crippen molar-refractivity contribution in [2.45, 2.75) is 26.3 Å². The normalized spacial score (nSPS) is 21.2. The van der Waals surface area contributed by atoms with Gasteiger partial charge in [-0.15, -0.1) is 0 Å². The predicted molar refractivity (Wildman–Crippen MR) is 116 cm³/mol. The van der Waals surface area contributed by atoms with Crippen LogP contribution in [0.4, 0.5) is 0 Å². The lowest BCUT2D eigenvalue weighted by atomic mass is 9.93. The smallest absolute Gasteiger partial charge is 0.338 e. The van der Waals surface area contributed by atoms with Crippen molar-refractivity contribution in [3.63, 3.8) is 0 Å². The second-order valence-electron chi connectivity index (χ2n) is 7.47. The number of aliphatic imine (C=N–C) groups is 1. The fourth-order valence-corrected chi connectivity index (χ4v) is 4.94. The fraction of sp³-hybridized carbons (Fsp3) is 0.409. The number of amidine groups is 1. The van der Waals surface area contributed by atoms with Crippen LogP contribution in [0.25, 0.3) is 0 Å². The number of methoxy groups -OCH3 is 1. The van der Waals surface area contributed by atoms with Crippen LogP contribution in [0.1, 0.15) is 30.5 Å². The van der Waals surface area contributed by atoms with Gasteiger partial charge in [-0.3, -0.25) is 4.79 Å². The minimum Gasteiger partial charge on any atom is -0.466 e. The van der Waals surface area contributed by atoms with Crippen molar-refractivity contribution in [3.8, 4) is 0 Å². The van der Waals surface area contributed by atoms with Crippen molar-refractivity contribution < 1.29 is 19.1 Å². The molecule has 0 aliphatic carbocycles. The van der Waals surface area contributed by atoms with Gasteiger partial charge < -0.3 is 19.3 Å². The van der Waals surface area contributed by atoms with E-state index in [1.807, 2.05) is 47.3 Å². The minimum absolute atomic E-state index is 0.0558. The second kappa shape index (κ2) is 8.65. The zero-order chi connectivity index (χ0) is 21.3. The quantitative estimate of drug-likeness (QED) is 0.688. The number of amides is 1. The number of aryl methyl sites for hydroxylation is 1. The van der Waals surface area contributed by atoms with Crippen LogP contribution >= 0.6 is 11.8 Å². The summed E-state index contributed by atoms with van der Waals surface area (Å²) in [5.41, 5.74) is 4.05. The largest absolute Gasteiger partial charge is 0.466 e. The summed E-state index contributed by atoms with van der Waals surface area (Å²) in [5, 5.41) is 2.74. The number of carbonyl (C=O) groups excluding carboxylic acids is 2. The van der Waals surface area contributed by atoms with Crippen molar-refractivity contribution >= 4 is 28.8 Å². The summed E-state index contributed by atoms with van der Waals surface area (Å²) in [7, 11) is 1.38. The van der Waals surface area contributed by atoms with E-state index in [1.54, 1.807) is 0 Å². The zero-order valence-electron chi connectivity index (χ0n) is 17.4. The van der Waals surface area contributed by atoms with E-state index in [1.165, 1.54) is 18.9 Å². The van der Waals surface area contributed by atoms with Gasteiger partial charge in [-0.05, 0) is 24.8 Å². The average Bonchev–Trinajstić information content (AvgIpc) is 3.14. The van der Waals surface area contributed by atoms with E-state index in [4.69, 9.17) is 9.47 Å². The van der Waals surface area contributed by atoms with Gasteiger partial charge in [-0.25, -0.2) is 9.79 Å². The molecule has 1 aromatic carbocycles. The molecular weight excluding hydrogens is 402 g/mol. The molecule has 0 aromatic heterocycles. The molecule has 3 aliphatic rings. The van der Waals surface area contributed by atoms with E-state index in [0.717, 1.165) is 22.0 Å². The first kappa shape index (κ1) is 20.7. The van der Waals surface area contributed by atoms with Crippen LogP contribution in [-0.4, -0.2) is 60.3 Å². The molecule has 4 rings (SSSR count). The first-order valence-corrected chi connectivity index (χ1v) is 10.8. The minimum atomic E-state index is -0.405. The monoisotopic (exact) mass is 427 g/mol. The Morgan fingerprint density at radius 1 is 1.27 bits per heavy atom. The third-order valence-electron chi connectivity index (χ3n) is 5.46. The molecule has 0 radical (unpaired) electrons. The molecule has 1 amide bonds. The molecule has 0 spiro atoms. The third-order valence-corrected chi connectivity index (χ3v) is 6.35. The van der Waals surface area contributed by atoms with E-state index in [-0.39, 0.29) is 18.4 Å². The molecule has 1 fully saturated rings. The number of allylic oxidation sites excluding steroid dienone is 1. The van der Waals surface area contributed by atoms with Gasteiger partial charge in [0.05, 0.1) is 44.1 Å². The molecule has 1 unspecified atom stereocenters. The first-order chi connectivity index (χ1) is 14.5. The number of esters is 1. The summed E-state index contributed by atoms with van der Waals surface area (Å²) in [6.07, 6.45) is 0.252. The molecule has 158 valence electrons. The zero-order valence-corrected chi connectivity index (χ0v) is 18.2. The van der Waals surface area contributed by atoms with Crippen LogP contribution < -0.4 is 0 Å². The Balaban J connectivity index is 1.70. The Bertz CT molecular complexity index is 963. The SMILES string of the molecule is COC(=O)C1=C(C)N=C2SC=C(CC(=O)N3CCOCC3)N2C1c1cccc(C)c1. The van der Waals surface area contributed by atoms with E-state index in [9.17, 15) is 9.59 Å². The van der Waals surface area contributed by atoms with E-state index >= 15 is 0 Å². The van der Waals surface area contributed by atoms with Gasteiger partial charge in [0.2, 0.25) is 5.91 Å².